The van der Waals surface area contributed by atoms with Crippen molar-refractivity contribution >= 4 is 23.2 Å². The lowest BCUT2D eigenvalue weighted by molar-refractivity contribution is 0.0950. The molecule has 1 fully saturated rings. The van der Waals surface area contributed by atoms with Gasteiger partial charge in [0.25, 0.3) is 5.91 Å². The molecule has 3 heterocycles. The number of carbonyl (C=O) groups excluding carboxylic acids is 1. The van der Waals surface area contributed by atoms with Gasteiger partial charge in [0.1, 0.15) is 0 Å². The third kappa shape index (κ3) is 4.43. The van der Waals surface area contributed by atoms with Crippen LogP contribution in [0.4, 0.5) is 17.3 Å². The molecule has 1 aliphatic heterocycles. The second kappa shape index (κ2) is 8.47. The summed E-state index contributed by atoms with van der Waals surface area (Å²) >= 11 is 0. The smallest absolute Gasteiger partial charge is 0.254 e. The number of benzene rings is 1. The molecule has 142 valence electrons. The molecular weight excluding hydrogens is 352 g/mol. The van der Waals surface area contributed by atoms with Gasteiger partial charge >= 0.3 is 0 Å². The first kappa shape index (κ1) is 17.9. The second-order valence-corrected chi connectivity index (χ2v) is 6.71. The Balaban J connectivity index is 1.33. The molecule has 3 aromatic rings. The van der Waals surface area contributed by atoms with Crippen LogP contribution in [0.2, 0.25) is 0 Å². The summed E-state index contributed by atoms with van der Waals surface area (Å²) in [6, 6.07) is 12.0. The van der Waals surface area contributed by atoms with Crippen LogP contribution in [-0.2, 0) is 6.54 Å². The molecule has 0 spiro atoms. The number of anilines is 3. The normalized spacial score (nSPS) is 13.4. The van der Waals surface area contributed by atoms with Gasteiger partial charge in [-0.05, 0) is 48.7 Å². The van der Waals surface area contributed by atoms with Gasteiger partial charge < -0.3 is 15.5 Å². The molecule has 2 N–H and O–H groups in total. The first-order valence-electron chi connectivity index (χ1n) is 9.39. The number of hydrogen-bond donors (Lipinski definition) is 2. The van der Waals surface area contributed by atoms with E-state index in [4.69, 9.17) is 0 Å². The number of aromatic nitrogens is 3. The lowest BCUT2D eigenvalue weighted by atomic mass is 10.2. The van der Waals surface area contributed by atoms with Gasteiger partial charge in [0, 0.05) is 55.8 Å². The first-order chi connectivity index (χ1) is 13.8. The van der Waals surface area contributed by atoms with Gasteiger partial charge in [0.15, 0.2) is 0 Å². The van der Waals surface area contributed by atoms with Crippen molar-refractivity contribution in [1.29, 1.82) is 0 Å². The second-order valence-electron chi connectivity index (χ2n) is 6.71. The van der Waals surface area contributed by atoms with Crippen molar-refractivity contribution in [2.75, 3.05) is 23.3 Å². The Hall–Kier alpha value is -3.48. The Morgan fingerprint density at radius 3 is 2.43 bits per heavy atom. The zero-order valence-electron chi connectivity index (χ0n) is 15.5. The van der Waals surface area contributed by atoms with Crippen LogP contribution in [0.5, 0.6) is 0 Å². The van der Waals surface area contributed by atoms with E-state index in [0.717, 1.165) is 24.3 Å². The van der Waals surface area contributed by atoms with Crippen molar-refractivity contribution in [1.82, 2.24) is 20.3 Å². The van der Waals surface area contributed by atoms with Gasteiger partial charge in [-0.3, -0.25) is 9.78 Å². The Bertz CT molecular complexity index is 906. The van der Waals surface area contributed by atoms with Gasteiger partial charge in [-0.1, -0.05) is 6.07 Å². The van der Waals surface area contributed by atoms with E-state index in [0.29, 0.717) is 18.1 Å². The predicted octanol–water partition coefficient (Wildman–Crippen LogP) is 3.15. The topological polar surface area (TPSA) is 83.0 Å². The maximum absolute atomic E-state index is 12.2. The van der Waals surface area contributed by atoms with Gasteiger partial charge in [-0.2, -0.15) is 0 Å². The van der Waals surface area contributed by atoms with E-state index in [1.165, 1.54) is 30.9 Å². The van der Waals surface area contributed by atoms with E-state index in [1.807, 2.05) is 24.3 Å². The summed E-state index contributed by atoms with van der Waals surface area (Å²) in [7, 11) is 0. The zero-order chi connectivity index (χ0) is 19.2. The molecule has 28 heavy (non-hydrogen) atoms. The monoisotopic (exact) mass is 374 g/mol. The third-order valence-corrected chi connectivity index (χ3v) is 4.68. The summed E-state index contributed by atoms with van der Waals surface area (Å²) < 4.78 is 0. The summed E-state index contributed by atoms with van der Waals surface area (Å²) in [6.45, 7) is 2.66. The largest absolute Gasteiger partial charge is 0.372 e. The molecule has 4 rings (SSSR count). The zero-order valence-corrected chi connectivity index (χ0v) is 15.5. The molecule has 0 aliphatic carbocycles. The lowest BCUT2D eigenvalue weighted by Gasteiger charge is -2.17. The summed E-state index contributed by atoms with van der Waals surface area (Å²) in [4.78, 5) is 27.1. The van der Waals surface area contributed by atoms with Crippen molar-refractivity contribution in [3.63, 3.8) is 0 Å². The van der Waals surface area contributed by atoms with E-state index < -0.39 is 0 Å². The van der Waals surface area contributed by atoms with Gasteiger partial charge in [-0.15, -0.1) is 0 Å². The minimum absolute atomic E-state index is 0.217. The van der Waals surface area contributed by atoms with Crippen LogP contribution in [0.1, 0.15) is 28.8 Å². The average molecular weight is 374 g/mol. The van der Waals surface area contributed by atoms with Crippen molar-refractivity contribution < 1.29 is 4.79 Å². The third-order valence-electron chi connectivity index (χ3n) is 4.68. The van der Waals surface area contributed by atoms with E-state index in [1.54, 1.807) is 12.4 Å². The average Bonchev–Trinajstić information content (AvgIpc) is 3.29. The molecule has 7 heteroatoms. The number of nitrogens with zero attached hydrogens (tertiary/aromatic N) is 4. The number of nitrogens with one attached hydrogen (secondary N) is 2. The van der Waals surface area contributed by atoms with Crippen LogP contribution in [0.25, 0.3) is 0 Å². The predicted molar refractivity (Wildman–Crippen MR) is 109 cm³/mol. The van der Waals surface area contributed by atoms with Gasteiger partial charge in [0.05, 0.1) is 5.56 Å². The molecule has 0 saturated carbocycles. The molecule has 0 unspecified atom stereocenters. The fourth-order valence-electron chi connectivity index (χ4n) is 3.16. The number of pyridine rings is 1. The number of rotatable bonds is 6. The molecule has 1 aromatic carbocycles. The highest BCUT2D eigenvalue weighted by atomic mass is 16.1. The summed E-state index contributed by atoms with van der Waals surface area (Å²) in [5.41, 5.74) is 3.51. The van der Waals surface area contributed by atoms with Crippen molar-refractivity contribution in [3.8, 4) is 0 Å². The molecule has 1 saturated heterocycles. The van der Waals surface area contributed by atoms with Crippen LogP contribution < -0.4 is 15.5 Å². The van der Waals surface area contributed by atoms with E-state index >= 15 is 0 Å². The summed E-state index contributed by atoms with van der Waals surface area (Å²) in [5.74, 6) is 0.239. The highest BCUT2D eigenvalue weighted by molar-refractivity contribution is 5.93. The quantitative estimate of drug-likeness (QED) is 0.690. The Kier molecular flexibility index (Phi) is 5.42. The Labute approximate surface area is 163 Å². The van der Waals surface area contributed by atoms with Gasteiger partial charge in [0.2, 0.25) is 5.95 Å². The van der Waals surface area contributed by atoms with Crippen molar-refractivity contribution in [2.24, 2.45) is 0 Å². The van der Waals surface area contributed by atoms with Crippen LogP contribution in [0, 0.1) is 0 Å². The molecule has 1 aliphatic rings. The van der Waals surface area contributed by atoms with E-state index in [2.05, 4.69) is 42.6 Å². The number of hydrogen-bond acceptors (Lipinski definition) is 6. The molecule has 0 radical (unpaired) electrons. The molecule has 0 atom stereocenters. The van der Waals surface area contributed by atoms with Crippen molar-refractivity contribution in [3.05, 3.63) is 72.3 Å². The fourth-order valence-corrected chi connectivity index (χ4v) is 3.16. The minimum Gasteiger partial charge on any atom is -0.372 e. The molecular formula is C21H22N6O. The Morgan fingerprint density at radius 1 is 1.00 bits per heavy atom. The van der Waals surface area contributed by atoms with Crippen LogP contribution in [0.15, 0.2) is 61.2 Å². The number of carbonyl (C=O) groups is 1. The summed E-state index contributed by atoms with van der Waals surface area (Å²) in [6.07, 6.45) is 8.98. The van der Waals surface area contributed by atoms with E-state index in [9.17, 15) is 4.79 Å². The van der Waals surface area contributed by atoms with Crippen LogP contribution in [-0.4, -0.2) is 33.9 Å². The maximum Gasteiger partial charge on any atom is 0.254 e. The first-order valence-corrected chi connectivity index (χ1v) is 9.39. The fraction of sp³-hybridized carbons (Fsp3) is 0.238. The van der Waals surface area contributed by atoms with E-state index in [-0.39, 0.29) is 5.91 Å². The highest BCUT2D eigenvalue weighted by Gasteiger charge is 2.12. The highest BCUT2D eigenvalue weighted by Crippen LogP contribution is 2.23. The lowest BCUT2D eigenvalue weighted by Crippen LogP contribution is -2.23. The van der Waals surface area contributed by atoms with Crippen LogP contribution in [0.3, 0.4) is 0 Å². The van der Waals surface area contributed by atoms with Crippen molar-refractivity contribution in [2.45, 2.75) is 19.4 Å². The molecule has 1 amide bonds. The standard InChI is InChI=1S/C21H22N6O/c28-20(23-13-16-4-3-9-22-12-16)17-14-24-21(25-15-17)26-18-5-7-19(8-6-18)27-10-1-2-11-27/h3-9,12,14-15H,1-2,10-11,13H2,(H,23,28)(H,24,25,26). The minimum atomic E-state index is -0.217. The SMILES string of the molecule is O=C(NCc1cccnc1)c1cnc(Nc2ccc(N3CCCC3)cc2)nc1. The molecule has 0 bridgehead atoms. The van der Waals surface area contributed by atoms with Crippen LogP contribution >= 0.6 is 0 Å². The Morgan fingerprint density at radius 2 is 1.75 bits per heavy atom. The summed E-state index contributed by atoms with van der Waals surface area (Å²) in [5, 5.41) is 6.00. The number of amides is 1. The molecule has 7 nitrogen and oxygen atoms in total. The van der Waals surface area contributed by atoms with Gasteiger partial charge in [-0.25, -0.2) is 9.97 Å². The molecule has 2 aromatic heterocycles. The maximum atomic E-state index is 12.2.